The number of carbonyl (C=O) groups excluding carboxylic acids is 3. The van der Waals surface area contributed by atoms with Crippen molar-refractivity contribution in [1.82, 2.24) is 4.90 Å². The SMILES string of the molecule is CC(C)OC(=O)C(CC(=O)O)=C(O)C(=O)N(C/C=C/c1ccccc1)C(C)C(Cc1ccc(C(=O)Nc2ccccc2)o1)c1ccc2c(c1)OCO2. The number of hydrogen-bond acceptors (Lipinski definition) is 9. The van der Waals surface area contributed by atoms with Gasteiger partial charge in [-0.25, -0.2) is 4.79 Å². The van der Waals surface area contributed by atoms with Gasteiger partial charge in [0.05, 0.1) is 18.1 Å². The smallest absolute Gasteiger partial charge is 0.338 e. The van der Waals surface area contributed by atoms with Crippen molar-refractivity contribution in [2.24, 2.45) is 0 Å². The molecule has 1 aliphatic heterocycles. The Morgan fingerprint density at radius 2 is 1.58 bits per heavy atom. The predicted octanol–water partition coefficient (Wildman–Crippen LogP) is 6.76. The maximum absolute atomic E-state index is 14.2. The van der Waals surface area contributed by atoms with Crippen LogP contribution in [0.25, 0.3) is 6.08 Å². The number of carbonyl (C=O) groups is 4. The van der Waals surface area contributed by atoms with E-state index < -0.39 is 59.6 Å². The number of carboxylic acid groups (broad SMARTS) is 1. The second-order valence-electron chi connectivity index (χ2n) is 12.4. The average Bonchev–Trinajstić information content (AvgIpc) is 3.81. The Bertz CT molecular complexity index is 1950. The summed E-state index contributed by atoms with van der Waals surface area (Å²) in [6.07, 6.45) is 2.16. The number of nitrogens with one attached hydrogen (secondary N) is 1. The van der Waals surface area contributed by atoms with Gasteiger partial charge < -0.3 is 39.1 Å². The zero-order chi connectivity index (χ0) is 37.2. The minimum atomic E-state index is -1.43. The number of aliphatic carboxylic acids is 1. The summed E-state index contributed by atoms with van der Waals surface area (Å²) in [5, 5.41) is 23.7. The van der Waals surface area contributed by atoms with Crippen LogP contribution in [0, 0.1) is 0 Å². The van der Waals surface area contributed by atoms with Crippen LogP contribution in [0.1, 0.15) is 60.6 Å². The van der Waals surface area contributed by atoms with E-state index in [1.54, 1.807) is 81.5 Å². The van der Waals surface area contributed by atoms with Crippen LogP contribution in [-0.4, -0.2) is 64.3 Å². The van der Waals surface area contributed by atoms with E-state index in [0.717, 1.165) is 11.1 Å². The van der Waals surface area contributed by atoms with E-state index in [9.17, 15) is 29.4 Å². The molecule has 3 aromatic carbocycles. The zero-order valence-corrected chi connectivity index (χ0v) is 29.0. The Morgan fingerprint density at radius 1 is 0.885 bits per heavy atom. The number of aliphatic hydroxyl groups is 1. The molecular formula is C40H40N2O10. The van der Waals surface area contributed by atoms with Crippen molar-refractivity contribution in [1.29, 1.82) is 0 Å². The highest BCUT2D eigenvalue weighted by atomic mass is 16.7. The van der Waals surface area contributed by atoms with E-state index in [-0.39, 0.29) is 25.5 Å². The number of esters is 1. The summed E-state index contributed by atoms with van der Waals surface area (Å²) >= 11 is 0. The van der Waals surface area contributed by atoms with Crippen LogP contribution in [0.15, 0.2) is 113 Å². The number of nitrogens with zero attached hydrogens (tertiary/aromatic N) is 1. The van der Waals surface area contributed by atoms with E-state index in [0.29, 0.717) is 22.9 Å². The monoisotopic (exact) mass is 708 g/mol. The lowest BCUT2D eigenvalue weighted by atomic mass is 9.87. The minimum Gasteiger partial charge on any atom is -0.503 e. The van der Waals surface area contributed by atoms with Crippen LogP contribution < -0.4 is 14.8 Å². The molecule has 0 saturated heterocycles. The van der Waals surface area contributed by atoms with Gasteiger partial charge in [0.15, 0.2) is 23.0 Å². The van der Waals surface area contributed by atoms with Crippen LogP contribution >= 0.6 is 0 Å². The van der Waals surface area contributed by atoms with Gasteiger partial charge in [-0.1, -0.05) is 66.7 Å². The van der Waals surface area contributed by atoms with Gasteiger partial charge >= 0.3 is 11.9 Å². The highest BCUT2D eigenvalue weighted by molar-refractivity contribution is 6.03. The van der Waals surface area contributed by atoms with Gasteiger partial charge in [0.1, 0.15) is 5.76 Å². The third-order valence-corrected chi connectivity index (χ3v) is 8.32. The second-order valence-corrected chi connectivity index (χ2v) is 12.4. The number of aliphatic hydroxyl groups excluding tert-OH is 1. The molecule has 4 aromatic rings. The highest BCUT2D eigenvalue weighted by Crippen LogP contribution is 2.38. The fourth-order valence-electron chi connectivity index (χ4n) is 5.72. The first kappa shape index (κ1) is 37.0. The van der Waals surface area contributed by atoms with Crippen molar-refractivity contribution in [3.63, 3.8) is 0 Å². The summed E-state index contributed by atoms with van der Waals surface area (Å²) in [6, 6.07) is 26.2. The van der Waals surface area contributed by atoms with E-state index in [1.165, 1.54) is 4.90 Å². The quantitative estimate of drug-likeness (QED) is 0.0683. The van der Waals surface area contributed by atoms with Crippen LogP contribution in [0.5, 0.6) is 11.5 Å². The molecule has 3 N–H and O–H groups in total. The van der Waals surface area contributed by atoms with Crippen LogP contribution in [0.2, 0.25) is 0 Å². The largest absolute Gasteiger partial charge is 0.503 e. The standard InChI is InChI=1S/C40H40N2O10/c1-25(2)51-40(48)32(23-36(43)44)37(45)39(47)42(20-10-13-27-11-6-4-7-12-27)26(3)31(28-16-18-33-35(21-28)50-24-49-33)22-30-17-19-34(52-30)38(46)41-29-14-8-5-9-15-29/h4-19,21,25-26,31,45H,20,22-24H2,1-3H3,(H,41,46)(H,43,44)/b13-10+,37-32?. The molecule has 1 aromatic heterocycles. The van der Waals surface area contributed by atoms with Gasteiger partial charge in [0, 0.05) is 30.6 Å². The molecule has 12 heteroatoms. The fourth-order valence-corrected chi connectivity index (χ4v) is 5.72. The van der Waals surface area contributed by atoms with E-state index in [1.807, 2.05) is 42.5 Å². The number of carboxylic acids is 1. The lowest BCUT2D eigenvalue weighted by Crippen LogP contribution is -2.44. The molecule has 0 bridgehead atoms. The number of furan rings is 1. The van der Waals surface area contributed by atoms with Crippen molar-refractivity contribution in [3.8, 4) is 11.5 Å². The molecular weight excluding hydrogens is 668 g/mol. The molecule has 0 spiro atoms. The lowest BCUT2D eigenvalue weighted by molar-refractivity contribution is -0.146. The number of para-hydroxylation sites is 1. The molecule has 12 nitrogen and oxygen atoms in total. The van der Waals surface area contributed by atoms with Gasteiger partial charge in [-0.05, 0) is 68.3 Å². The van der Waals surface area contributed by atoms with Gasteiger partial charge in [-0.2, -0.15) is 0 Å². The highest BCUT2D eigenvalue weighted by Gasteiger charge is 2.34. The third kappa shape index (κ3) is 9.48. The summed E-state index contributed by atoms with van der Waals surface area (Å²) in [5.74, 6) is -3.96. The first-order valence-corrected chi connectivity index (χ1v) is 16.7. The van der Waals surface area contributed by atoms with Crippen molar-refractivity contribution in [3.05, 3.63) is 131 Å². The Balaban J connectivity index is 1.53. The van der Waals surface area contributed by atoms with Crippen molar-refractivity contribution in [2.75, 3.05) is 18.7 Å². The van der Waals surface area contributed by atoms with Crippen molar-refractivity contribution >= 4 is 35.5 Å². The topological polar surface area (TPSA) is 165 Å². The second kappa shape index (κ2) is 17.1. The molecule has 270 valence electrons. The maximum Gasteiger partial charge on any atom is 0.338 e. The molecule has 2 atom stereocenters. The molecule has 52 heavy (non-hydrogen) atoms. The normalized spacial score (nSPS) is 13.7. The van der Waals surface area contributed by atoms with Gasteiger partial charge in [-0.3, -0.25) is 14.4 Å². The molecule has 2 heterocycles. The van der Waals surface area contributed by atoms with Crippen molar-refractivity contribution < 1.29 is 48.0 Å². The third-order valence-electron chi connectivity index (χ3n) is 8.32. The number of benzene rings is 3. The summed E-state index contributed by atoms with van der Waals surface area (Å²) in [4.78, 5) is 53.3. The molecule has 5 rings (SSSR count). The molecule has 0 aliphatic carbocycles. The lowest BCUT2D eigenvalue weighted by Gasteiger charge is -2.34. The fraction of sp³-hybridized carbons (Fsp3) is 0.250. The molecule has 0 fully saturated rings. The van der Waals surface area contributed by atoms with E-state index >= 15 is 0 Å². The minimum absolute atomic E-state index is 0.0392. The summed E-state index contributed by atoms with van der Waals surface area (Å²) in [7, 11) is 0. The first-order chi connectivity index (χ1) is 25.0. The predicted molar refractivity (Wildman–Crippen MR) is 192 cm³/mol. The molecule has 0 radical (unpaired) electrons. The Kier molecular flexibility index (Phi) is 12.1. The number of ether oxygens (including phenoxy) is 3. The summed E-state index contributed by atoms with van der Waals surface area (Å²) in [6.45, 7) is 4.91. The molecule has 1 aliphatic rings. The first-order valence-electron chi connectivity index (χ1n) is 16.7. The Morgan fingerprint density at radius 3 is 2.27 bits per heavy atom. The van der Waals surface area contributed by atoms with E-state index in [2.05, 4.69) is 5.32 Å². The molecule has 0 saturated carbocycles. The average molecular weight is 709 g/mol. The van der Waals surface area contributed by atoms with Gasteiger partial charge in [-0.15, -0.1) is 0 Å². The van der Waals surface area contributed by atoms with Gasteiger partial charge in [0.2, 0.25) is 6.79 Å². The molecule has 2 amide bonds. The molecule has 2 unspecified atom stereocenters. The zero-order valence-electron chi connectivity index (χ0n) is 29.0. The summed E-state index contributed by atoms with van der Waals surface area (Å²) in [5.41, 5.74) is 1.51. The Labute approximate surface area is 300 Å². The van der Waals surface area contributed by atoms with E-state index in [4.69, 9.17) is 18.6 Å². The van der Waals surface area contributed by atoms with Crippen LogP contribution in [0.3, 0.4) is 0 Å². The maximum atomic E-state index is 14.2. The number of fused-ring (bicyclic) bond motifs is 1. The van der Waals surface area contributed by atoms with Crippen LogP contribution in [0.4, 0.5) is 5.69 Å². The number of rotatable bonds is 15. The summed E-state index contributed by atoms with van der Waals surface area (Å²) < 4.78 is 22.4. The van der Waals surface area contributed by atoms with Crippen molar-refractivity contribution in [2.45, 2.75) is 51.7 Å². The number of anilines is 1. The van der Waals surface area contributed by atoms with Crippen LogP contribution in [-0.2, 0) is 25.5 Å². The number of hydrogen-bond donors (Lipinski definition) is 3. The number of amides is 2. The van der Waals surface area contributed by atoms with Gasteiger partial charge in [0.25, 0.3) is 11.8 Å². The Hall–Kier alpha value is -6.30.